The molecule has 4 rings (SSSR count). The molecule has 0 spiro atoms. The third-order valence-corrected chi connectivity index (χ3v) is 12.4. The minimum atomic E-state index is -3.56. The molecule has 0 saturated carbocycles. The average Bonchev–Trinajstić information content (AvgIpc) is 3.27. The molecule has 3 fully saturated rings. The number of rotatable bonds is 10. The van der Waals surface area contributed by atoms with Crippen molar-refractivity contribution in [3.8, 4) is 0 Å². The van der Waals surface area contributed by atoms with Crippen LogP contribution in [-0.2, 0) is 20.0 Å². The van der Waals surface area contributed by atoms with E-state index in [1.165, 1.54) is 32.4 Å². The topological polar surface area (TPSA) is 78.0 Å². The van der Waals surface area contributed by atoms with E-state index in [9.17, 15) is 16.8 Å². The Morgan fingerprint density at radius 1 is 0.833 bits per heavy atom. The van der Waals surface area contributed by atoms with Gasteiger partial charge in [-0.25, -0.2) is 21.1 Å². The van der Waals surface area contributed by atoms with Crippen molar-refractivity contribution >= 4 is 32.5 Å². The van der Waals surface area contributed by atoms with Crippen LogP contribution in [0.25, 0.3) is 0 Å². The minimum absolute atomic E-state index is 0. The van der Waals surface area contributed by atoms with Crippen molar-refractivity contribution in [3.05, 3.63) is 28.8 Å². The summed E-state index contributed by atoms with van der Waals surface area (Å²) in [4.78, 5) is 2.95. The SMILES string of the molecule is Cc1cc(C)c(S(=O)(=O)N2CC[C@H]2CCCS(=O)(=O)N2CCC(CCN3CCCC3)CC2)c(C)c1.Cl. The maximum absolute atomic E-state index is 13.3. The summed E-state index contributed by atoms with van der Waals surface area (Å²) in [6.07, 6.45) is 7.60. The van der Waals surface area contributed by atoms with E-state index in [2.05, 4.69) is 4.90 Å². The third-order valence-electron chi connectivity index (χ3n) is 8.22. The van der Waals surface area contributed by atoms with E-state index in [0.717, 1.165) is 42.5 Å². The number of nitrogens with zero attached hydrogens (tertiary/aromatic N) is 3. The van der Waals surface area contributed by atoms with E-state index in [1.54, 1.807) is 8.61 Å². The van der Waals surface area contributed by atoms with E-state index < -0.39 is 20.0 Å². The van der Waals surface area contributed by atoms with Gasteiger partial charge in [-0.2, -0.15) is 4.31 Å². The van der Waals surface area contributed by atoms with Crippen LogP contribution in [0.4, 0.5) is 0 Å². The standard InChI is InChI=1S/C26H43N3O4S2.ClH/c1-21-19-22(2)26(23(3)20-21)35(32,33)29-17-11-25(29)7-6-18-34(30,31)28-15-9-24(10-16-28)8-14-27-12-4-5-13-27;/h19-20,24-25H,4-18H2,1-3H3;1H/t25-;/m1./s1. The van der Waals surface area contributed by atoms with Crippen molar-refractivity contribution in [1.29, 1.82) is 0 Å². The zero-order valence-electron chi connectivity index (χ0n) is 22.1. The number of piperidine rings is 1. The molecule has 3 aliphatic heterocycles. The molecule has 0 unspecified atom stereocenters. The predicted octanol–water partition coefficient (Wildman–Crippen LogP) is 4.10. The van der Waals surface area contributed by atoms with Crippen LogP contribution in [0.15, 0.2) is 17.0 Å². The van der Waals surface area contributed by atoms with Gasteiger partial charge in [0.05, 0.1) is 10.6 Å². The molecule has 0 amide bonds. The molecule has 10 heteroatoms. The molecule has 0 radical (unpaired) electrons. The summed E-state index contributed by atoms with van der Waals surface area (Å²) >= 11 is 0. The summed E-state index contributed by atoms with van der Waals surface area (Å²) < 4.78 is 55.9. The van der Waals surface area contributed by atoms with Gasteiger partial charge in [0, 0.05) is 25.7 Å². The number of aryl methyl sites for hydroxylation is 3. The van der Waals surface area contributed by atoms with Crippen molar-refractivity contribution in [1.82, 2.24) is 13.5 Å². The second-order valence-electron chi connectivity index (χ2n) is 10.9. The Morgan fingerprint density at radius 3 is 2.00 bits per heavy atom. The molecule has 0 aliphatic carbocycles. The van der Waals surface area contributed by atoms with Crippen molar-refractivity contribution in [2.24, 2.45) is 5.92 Å². The summed E-state index contributed by atoms with van der Waals surface area (Å²) in [5.74, 6) is 0.739. The van der Waals surface area contributed by atoms with E-state index in [4.69, 9.17) is 0 Å². The van der Waals surface area contributed by atoms with Crippen LogP contribution >= 0.6 is 12.4 Å². The number of hydrogen-bond acceptors (Lipinski definition) is 5. The van der Waals surface area contributed by atoms with E-state index in [-0.39, 0.29) is 24.2 Å². The molecule has 1 aromatic carbocycles. The summed E-state index contributed by atoms with van der Waals surface area (Å²) in [5.41, 5.74) is 2.61. The lowest BCUT2D eigenvalue weighted by molar-refractivity contribution is 0.187. The minimum Gasteiger partial charge on any atom is -0.303 e. The van der Waals surface area contributed by atoms with Crippen molar-refractivity contribution in [3.63, 3.8) is 0 Å². The van der Waals surface area contributed by atoms with E-state index >= 15 is 0 Å². The molecular weight excluding hydrogens is 518 g/mol. The van der Waals surface area contributed by atoms with Crippen LogP contribution in [0.3, 0.4) is 0 Å². The molecule has 3 aliphatic rings. The third kappa shape index (κ3) is 6.83. The highest BCUT2D eigenvalue weighted by Gasteiger charge is 2.39. The molecule has 7 nitrogen and oxygen atoms in total. The quantitative estimate of drug-likeness (QED) is 0.430. The summed E-state index contributed by atoms with van der Waals surface area (Å²) in [5, 5.41) is 0. The first-order valence-corrected chi connectivity index (χ1v) is 16.4. The Labute approximate surface area is 225 Å². The maximum atomic E-state index is 13.3. The first-order valence-electron chi connectivity index (χ1n) is 13.4. The Balaban J connectivity index is 0.00000361. The van der Waals surface area contributed by atoms with E-state index in [0.29, 0.717) is 43.3 Å². The van der Waals surface area contributed by atoms with Crippen LogP contribution in [0, 0.1) is 26.7 Å². The lowest BCUT2D eigenvalue weighted by Gasteiger charge is -2.40. The molecule has 3 heterocycles. The molecule has 0 bridgehead atoms. The normalized spacial score (nSPS) is 22.9. The molecule has 1 atom stereocenters. The first-order chi connectivity index (χ1) is 16.6. The molecule has 0 N–H and O–H groups in total. The smallest absolute Gasteiger partial charge is 0.243 e. The van der Waals surface area contributed by atoms with Crippen LogP contribution < -0.4 is 0 Å². The fraction of sp³-hybridized carbons (Fsp3) is 0.769. The molecule has 0 aromatic heterocycles. The number of benzene rings is 1. The van der Waals surface area contributed by atoms with Gasteiger partial charge in [0.25, 0.3) is 0 Å². The first kappa shape index (κ1) is 29.8. The maximum Gasteiger partial charge on any atom is 0.243 e. The van der Waals surface area contributed by atoms with Crippen molar-refractivity contribution in [2.45, 2.75) is 83.1 Å². The molecule has 3 saturated heterocycles. The predicted molar refractivity (Wildman–Crippen MR) is 148 cm³/mol. The summed E-state index contributed by atoms with van der Waals surface area (Å²) in [6, 6.07) is 3.72. The monoisotopic (exact) mass is 561 g/mol. The highest BCUT2D eigenvalue weighted by atomic mass is 35.5. The Kier molecular flexibility index (Phi) is 10.3. The van der Waals surface area contributed by atoms with Gasteiger partial charge < -0.3 is 4.90 Å². The Morgan fingerprint density at radius 2 is 1.44 bits per heavy atom. The largest absolute Gasteiger partial charge is 0.303 e. The van der Waals surface area contributed by atoms with Gasteiger partial charge >= 0.3 is 0 Å². The Hall–Kier alpha value is -0.710. The second-order valence-corrected chi connectivity index (χ2v) is 14.8. The zero-order valence-corrected chi connectivity index (χ0v) is 24.6. The van der Waals surface area contributed by atoms with Gasteiger partial charge in [-0.05, 0) is 109 Å². The summed E-state index contributed by atoms with van der Waals surface area (Å²) in [7, 11) is -6.85. The molecular formula is C26H44ClN3O4S2. The van der Waals surface area contributed by atoms with Gasteiger partial charge in [-0.3, -0.25) is 0 Å². The second kappa shape index (κ2) is 12.4. The fourth-order valence-corrected chi connectivity index (χ4v) is 9.86. The fourth-order valence-electron chi connectivity index (χ4n) is 6.19. The van der Waals surface area contributed by atoms with Gasteiger partial charge in [-0.15, -0.1) is 12.4 Å². The number of likely N-dealkylation sites (tertiary alicyclic amines) is 1. The highest BCUT2D eigenvalue weighted by Crippen LogP contribution is 2.33. The zero-order chi connectivity index (χ0) is 25.2. The van der Waals surface area contributed by atoms with Crippen LogP contribution in [0.5, 0.6) is 0 Å². The van der Waals surface area contributed by atoms with Crippen molar-refractivity contribution in [2.75, 3.05) is 45.0 Å². The molecule has 36 heavy (non-hydrogen) atoms. The van der Waals surface area contributed by atoms with Gasteiger partial charge in [-0.1, -0.05) is 17.7 Å². The van der Waals surface area contributed by atoms with Crippen LogP contribution in [0.2, 0.25) is 0 Å². The Bertz CT molecular complexity index is 1070. The molecule has 1 aromatic rings. The number of hydrogen-bond donors (Lipinski definition) is 0. The average molecular weight is 562 g/mol. The van der Waals surface area contributed by atoms with Gasteiger partial charge in [0.1, 0.15) is 0 Å². The lowest BCUT2D eigenvalue weighted by Crippen LogP contribution is -2.51. The number of sulfonamides is 2. The van der Waals surface area contributed by atoms with Crippen LogP contribution in [0.1, 0.15) is 68.1 Å². The van der Waals surface area contributed by atoms with Gasteiger partial charge in [0.2, 0.25) is 20.0 Å². The highest BCUT2D eigenvalue weighted by molar-refractivity contribution is 7.89. The number of halogens is 1. The lowest BCUT2D eigenvalue weighted by atomic mass is 9.94. The summed E-state index contributed by atoms with van der Waals surface area (Å²) in [6.45, 7) is 11.0. The molecule has 206 valence electrons. The van der Waals surface area contributed by atoms with Crippen LogP contribution in [-0.4, -0.2) is 81.4 Å². The van der Waals surface area contributed by atoms with E-state index in [1.807, 2.05) is 32.9 Å². The van der Waals surface area contributed by atoms with Crippen molar-refractivity contribution < 1.29 is 16.8 Å². The van der Waals surface area contributed by atoms with Gasteiger partial charge in [0.15, 0.2) is 0 Å².